The summed E-state index contributed by atoms with van der Waals surface area (Å²) >= 11 is 0. The maximum Gasteiger partial charge on any atom is 0.410 e. The second-order valence-electron chi connectivity index (χ2n) is 35.9. The molecule has 0 saturated carbocycles. The number of hydrogen-bond donors (Lipinski definition) is 3. The summed E-state index contributed by atoms with van der Waals surface area (Å²) in [5.41, 5.74) is 16.2. The van der Waals surface area contributed by atoms with Gasteiger partial charge in [-0.2, -0.15) is 0 Å². The lowest BCUT2D eigenvalue weighted by atomic mass is 9.73. The Morgan fingerprint density at radius 1 is 0.571 bits per heavy atom. The van der Waals surface area contributed by atoms with Gasteiger partial charge in [-0.05, 0) is 166 Å². The molecule has 6 fully saturated rings. The summed E-state index contributed by atoms with van der Waals surface area (Å²) < 4.78 is 74.8. The molecule has 0 aromatic heterocycles. The van der Waals surface area contributed by atoms with Crippen molar-refractivity contribution >= 4 is 59.3 Å². The molecule has 0 bridgehead atoms. The van der Waals surface area contributed by atoms with E-state index in [-0.39, 0.29) is 88.9 Å². The molecule has 126 heavy (non-hydrogen) atoms. The Hall–Kier alpha value is -9.18. The summed E-state index contributed by atoms with van der Waals surface area (Å²) in [5.74, 6) is -12.7. The van der Waals surface area contributed by atoms with Gasteiger partial charge in [0.15, 0.2) is 35.3 Å². The van der Waals surface area contributed by atoms with E-state index >= 15 is 0 Å². The van der Waals surface area contributed by atoms with Gasteiger partial charge in [-0.15, -0.1) is 0 Å². The van der Waals surface area contributed by atoms with Crippen LogP contribution in [-0.2, 0) is 85.6 Å². The van der Waals surface area contributed by atoms with Crippen molar-refractivity contribution in [3.63, 3.8) is 0 Å². The van der Waals surface area contributed by atoms with E-state index in [4.69, 9.17) is 67.9 Å². The van der Waals surface area contributed by atoms with Crippen LogP contribution in [0.5, 0.6) is 0 Å². The van der Waals surface area contributed by atoms with Gasteiger partial charge in [-0.1, -0.05) is 147 Å². The number of ketones is 4. The van der Waals surface area contributed by atoms with Crippen LogP contribution in [0, 0.1) is 53.3 Å². The lowest BCUT2D eigenvalue weighted by molar-refractivity contribution is -0.313. The quantitative estimate of drug-likeness (QED) is 0.0143. The lowest BCUT2D eigenvalue weighted by Gasteiger charge is -2.48. The van der Waals surface area contributed by atoms with Crippen molar-refractivity contribution in [1.82, 2.24) is 20.0 Å². The number of nitrogens with zero attached hydrogens (tertiary/aromatic N) is 9. The number of aliphatic hydroxyl groups is 2. The number of cyclic esters (lactones) is 2. The number of carbonyl (C=O) groups is 10. The molecule has 6 saturated heterocycles. The molecule has 696 valence electrons. The summed E-state index contributed by atoms with van der Waals surface area (Å²) in [5, 5.41) is 32.3. The summed E-state index contributed by atoms with van der Waals surface area (Å²) in [7, 11) is 6.31. The van der Waals surface area contributed by atoms with Gasteiger partial charge in [0.1, 0.15) is 54.4 Å². The van der Waals surface area contributed by atoms with Gasteiger partial charge in [0.25, 0.3) is 0 Å². The van der Waals surface area contributed by atoms with Gasteiger partial charge in [0, 0.05) is 97.6 Å². The van der Waals surface area contributed by atoms with Gasteiger partial charge in [-0.25, -0.2) is 19.2 Å². The number of fused-ring (bicyclic) bond motifs is 5. The molecule has 7 aliphatic rings. The number of benzene rings is 3. The molecule has 34 nitrogen and oxygen atoms in total. The summed E-state index contributed by atoms with van der Waals surface area (Å²) in [6.45, 7) is 29.3. The monoisotopic (exact) mass is 1760 g/mol. The summed E-state index contributed by atoms with van der Waals surface area (Å²) in [6.07, 6.45) is -11.7. The fourth-order valence-corrected chi connectivity index (χ4v) is 20.1. The largest absolute Gasteiger partial charge is 0.458 e. The third-order valence-corrected chi connectivity index (χ3v) is 27.2. The van der Waals surface area contributed by atoms with Crippen LogP contribution >= 0.6 is 0 Å². The summed E-state index contributed by atoms with van der Waals surface area (Å²) in [6, 6.07) is 21.0. The minimum Gasteiger partial charge on any atom is -0.458 e. The molecule has 6 aliphatic heterocycles. The van der Waals surface area contributed by atoms with Crippen LogP contribution in [0.25, 0.3) is 32.0 Å². The molecule has 28 atom stereocenters. The standard InChI is InChI=1S/C56H71N5O13.C35H59N5O11.CH4/c1-11-43-56(9)48(61(54(67)74-56)28-20-19-27-58-60-57)33(4)45(62)31(2)29-55(8,68-10)49(34(5)46(63)35(6)50(64)71-43)73-52-32(3)44(47(36(7)70-52)72-51(65)37-21-13-12-14-22-37)59-53(66)69-30-42-40-25-17-15-23-38(40)39-24-16-18-26-41(39)42;1-12-23-35(8)29(40(33(46)51-35)16-14-13-15-37-38-36)19(3)25(41)18(2)17-34(7,47-11)30(20(4)26(42)21(5)31(45)49-23)50-32-28(44)24(39(9)10)27(43)22(6)48-32;/h12-18,21-26,31-36,42-44,47-49,52H,11,19-20,27-30H2,1-10H3,(H,59,66);18-24,27-30,32,43-44H,12-17H2,1-11H3;1H4/t31-,32?,33+,34+,35-,36?,43-,44?,47?,48-,49-,52?,55+,56-;18-,19+,20+,21-,22?,23-,24?,27?,28?,29-,30-,32?,34+,35-;/m11./s1. The summed E-state index contributed by atoms with van der Waals surface area (Å²) in [4.78, 5) is 152. The van der Waals surface area contributed by atoms with E-state index in [1.54, 1.807) is 153 Å². The molecule has 34 heteroatoms. The predicted octanol–water partition coefficient (Wildman–Crippen LogP) is 13.3. The highest BCUT2D eigenvalue weighted by Gasteiger charge is 2.63. The fraction of sp³-hybridized carbons (Fsp3) is 0.696. The number of likely N-dealkylation sites (N-methyl/N-ethyl adjacent to an activating group) is 1. The highest BCUT2D eigenvalue weighted by Crippen LogP contribution is 2.49. The number of esters is 3. The van der Waals surface area contributed by atoms with Crippen LogP contribution in [-0.4, -0.2) is 259 Å². The molecular weight excluding hydrogens is 1630 g/mol. The lowest BCUT2D eigenvalue weighted by Crippen LogP contribution is -2.64. The second kappa shape index (κ2) is 43.7. The Balaban J connectivity index is 0.000000332. The van der Waals surface area contributed by atoms with Crippen molar-refractivity contribution in [3.05, 3.63) is 116 Å². The number of ether oxygens (including phenoxy) is 12. The van der Waals surface area contributed by atoms with Crippen LogP contribution in [0.2, 0.25) is 0 Å². The van der Waals surface area contributed by atoms with E-state index in [1.165, 1.54) is 37.9 Å². The highest BCUT2D eigenvalue weighted by molar-refractivity contribution is 6.01. The van der Waals surface area contributed by atoms with Gasteiger partial charge in [0.2, 0.25) is 0 Å². The Morgan fingerprint density at radius 3 is 1.41 bits per heavy atom. The number of carbonyl (C=O) groups excluding carboxylic acids is 10. The molecule has 3 aromatic rings. The van der Waals surface area contributed by atoms with E-state index in [1.807, 2.05) is 48.5 Å². The van der Waals surface area contributed by atoms with E-state index in [0.717, 1.165) is 22.3 Å². The number of nitrogens with one attached hydrogen (secondary N) is 1. The molecular formula is C92H134N10O24. The van der Waals surface area contributed by atoms with Gasteiger partial charge >= 0.3 is 36.2 Å². The highest BCUT2D eigenvalue weighted by atomic mass is 16.7. The van der Waals surface area contributed by atoms with Gasteiger partial charge in [-0.3, -0.25) is 28.8 Å². The molecule has 6 heterocycles. The Morgan fingerprint density at radius 2 is 0.992 bits per heavy atom. The van der Waals surface area contributed by atoms with E-state index in [2.05, 4.69) is 25.4 Å². The number of hydrogen-bond acceptors (Lipinski definition) is 27. The van der Waals surface area contributed by atoms with Crippen molar-refractivity contribution in [2.75, 3.05) is 61.1 Å². The van der Waals surface area contributed by atoms with Crippen molar-refractivity contribution < 1.29 is 115 Å². The molecule has 0 radical (unpaired) electrons. The maximum atomic E-state index is 14.9. The Labute approximate surface area is 739 Å². The number of unbranched alkanes of at least 4 members (excludes halogenated alkanes) is 2. The Bertz CT molecular complexity index is 4370. The molecule has 3 N–H and O–H groups in total. The first-order valence-electron chi connectivity index (χ1n) is 43.8. The predicted molar refractivity (Wildman–Crippen MR) is 462 cm³/mol. The number of amides is 3. The topological polar surface area (TPSA) is 441 Å². The first-order valence-corrected chi connectivity index (χ1v) is 43.8. The molecule has 1 aliphatic carbocycles. The number of rotatable bonds is 24. The zero-order valence-corrected chi connectivity index (χ0v) is 76.0. The van der Waals surface area contributed by atoms with Gasteiger partial charge < -0.3 is 87.1 Å². The molecule has 3 aromatic carbocycles. The van der Waals surface area contributed by atoms with Crippen LogP contribution < -0.4 is 5.32 Å². The number of azide groups is 2. The van der Waals surface area contributed by atoms with Crippen molar-refractivity contribution in [1.29, 1.82) is 0 Å². The zero-order valence-electron chi connectivity index (χ0n) is 76.0. The smallest absolute Gasteiger partial charge is 0.410 e. The van der Waals surface area contributed by atoms with Crippen LogP contribution in [0.1, 0.15) is 204 Å². The fourth-order valence-electron chi connectivity index (χ4n) is 20.1. The SMILES string of the molecule is C.CC[C@H]1OC(=O)[C@H](C)C(=O)[C@H](C)[C@@H](OC2OC(C)C(O)C(N(C)C)C2O)[C@@](C)(OC)C[C@@H](C)C(=O)[C@H](C)[C@H]2N(CCCCN=[N+]=[N-])C(=O)O[C@]12C.CC[C@H]1OC(=O)[C@H](C)C(=O)[C@H](C)[C@@H](OC2OC(C)C(OC(=O)c3ccccc3)C(NC(=O)OCC3c4ccccc4-c4ccccc43)C2C)[C@@](C)(OC)C[C@@H](C)C(=O)[C@H](C)[C@H]2N(CCCCN=[N+]=[N-])C(=O)O[C@]12C. The molecule has 10 unspecified atom stereocenters. The van der Waals surface area contributed by atoms with E-state index in [0.29, 0.717) is 25.7 Å². The number of alkyl carbamates (subject to hydrolysis) is 1. The van der Waals surface area contributed by atoms with Crippen molar-refractivity contribution in [3.8, 4) is 11.1 Å². The zero-order chi connectivity index (χ0) is 92.2. The number of Topliss-reactive ketones (excluding diaryl/α,β-unsaturated/α-hetero) is 4. The van der Waals surface area contributed by atoms with E-state index in [9.17, 15) is 58.2 Å². The molecule has 0 spiro atoms. The average Bonchev–Trinajstić information content (AvgIpc) is 1.57. The molecule has 3 amide bonds. The van der Waals surface area contributed by atoms with Crippen molar-refractivity contribution in [2.45, 2.75) is 297 Å². The van der Waals surface area contributed by atoms with Crippen LogP contribution in [0.3, 0.4) is 0 Å². The normalized spacial score (nSPS) is 35.8. The maximum absolute atomic E-state index is 14.9. The first kappa shape index (κ1) is 102. The molecule has 10 rings (SSSR count). The van der Waals surface area contributed by atoms with Crippen LogP contribution in [0.15, 0.2) is 89.1 Å². The third kappa shape index (κ3) is 21.7. The van der Waals surface area contributed by atoms with E-state index < -0.39 is 215 Å². The average molecular weight is 1760 g/mol. The Kier molecular flexibility index (Phi) is 35.5. The minimum atomic E-state index is -1.49. The van der Waals surface area contributed by atoms with Gasteiger partial charge in [0.05, 0.1) is 71.5 Å². The van der Waals surface area contributed by atoms with Crippen molar-refractivity contribution in [2.24, 2.45) is 63.5 Å². The first-order chi connectivity index (χ1) is 59.1. The number of aliphatic hydroxyl groups excluding tert-OH is 2. The second-order valence-corrected chi connectivity index (χ2v) is 35.9. The minimum absolute atomic E-state index is 0. The van der Waals surface area contributed by atoms with Crippen LogP contribution in [0.4, 0.5) is 14.4 Å². The number of methoxy groups -OCH3 is 2. The third-order valence-electron chi connectivity index (χ3n) is 27.2.